The van der Waals surface area contributed by atoms with Crippen molar-refractivity contribution >= 4 is 11.9 Å². The van der Waals surface area contributed by atoms with Gasteiger partial charge < -0.3 is 15.1 Å². The van der Waals surface area contributed by atoms with Gasteiger partial charge in [-0.25, -0.2) is 4.79 Å². The Balaban J connectivity index is 1.99. The van der Waals surface area contributed by atoms with Gasteiger partial charge >= 0.3 is 6.03 Å². The number of rotatable bonds is 5. The quantitative estimate of drug-likeness (QED) is 0.866. The van der Waals surface area contributed by atoms with E-state index < -0.39 is 0 Å². The fourth-order valence-electron chi connectivity index (χ4n) is 3.72. The Morgan fingerprint density at radius 2 is 1.92 bits per heavy atom. The summed E-state index contributed by atoms with van der Waals surface area (Å²) in [5, 5.41) is 7.49. The molecule has 7 heteroatoms. The second-order valence-electron chi connectivity index (χ2n) is 7.93. The highest BCUT2D eigenvalue weighted by atomic mass is 16.2. The number of amides is 3. The number of carbonyl (C=O) groups excluding carboxylic acids is 2. The lowest BCUT2D eigenvalue weighted by Gasteiger charge is -2.24. The van der Waals surface area contributed by atoms with Crippen LogP contribution in [0.25, 0.3) is 0 Å². The van der Waals surface area contributed by atoms with Crippen LogP contribution in [0.4, 0.5) is 4.79 Å². The van der Waals surface area contributed by atoms with E-state index in [1.807, 2.05) is 30.5 Å². The lowest BCUT2D eigenvalue weighted by atomic mass is 9.91. The molecule has 2 atom stereocenters. The van der Waals surface area contributed by atoms with Gasteiger partial charge in [-0.2, -0.15) is 5.10 Å². The molecule has 0 aliphatic carbocycles. The number of carbonyl (C=O) groups is 2. The van der Waals surface area contributed by atoms with Gasteiger partial charge in [0, 0.05) is 52.3 Å². The van der Waals surface area contributed by atoms with Crippen LogP contribution in [0.5, 0.6) is 0 Å². The van der Waals surface area contributed by atoms with Gasteiger partial charge in [-0.3, -0.25) is 9.48 Å². The second-order valence-corrected chi connectivity index (χ2v) is 7.93. The van der Waals surface area contributed by atoms with E-state index in [1.54, 1.807) is 14.1 Å². The number of urea groups is 1. The molecule has 146 valence electrons. The van der Waals surface area contributed by atoms with Gasteiger partial charge in [0.1, 0.15) is 0 Å². The van der Waals surface area contributed by atoms with Crippen LogP contribution in [0, 0.1) is 25.7 Å². The molecule has 0 saturated carbocycles. The summed E-state index contributed by atoms with van der Waals surface area (Å²) in [6, 6.07) is -0.0905. The van der Waals surface area contributed by atoms with Crippen LogP contribution in [-0.4, -0.2) is 64.7 Å². The van der Waals surface area contributed by atoms with Crippen molar-refractivity contribution in [3.63, 3.8) is 0 Å². The Hall–Kier alpha value is -2.05. The second kappa shape index (κ2) is 8.10. The van der Waals surface area contributed by atoms with Crippen LogP contribution in [0.3, 0.4) is 0 Å². The minimum atomic E-state index is -0.100. The lowest BCUT2D eigenvalue weighted by molar-refractivity contribution is -0.130. The Morgan fingerprint density at radius 1 is 1.27 bits per heavy atom. The minimum Gasteiger partial charge on any atom is -0.340 e. The molecule has 0 unspecified atom stereocenters. The van der Waals surface area contributed by atoms with Crippen molar-refractivity contribution in [3.05, 3.63) is 17.0 Å². The molecule has 26 heavy (non-hydrogen) atoms. The maximum Gasteiger partial charge on any atom is 0.317 e. The van der Waals surface area contributed by atoms with Gasteiger partial charge in [-0.1, -0.05) is 13.8 Å². The first-order valence-corrected chi connectivity index (χ1v) is 9.36. The lowest BCUT2D eigenvalue weighted by Crippen LogP contribution is -2.46. The molecule has 0 radical (unpaired) electrons. The number of aromatic nitrogens is 2. The van der Waals surface area contributed by atoms with Crippen LogP contribution in [0.1, 0.15) is 37.2 Å². The molecule has 2 heterocycles. The average Bonchev–Trinajstić information content (AvgIpc) is 3.07. The van der Waals surface area contributed by atoms with Crippen molar-refractivity contribution in [3.8, 4) is 0 Å². The average molecular weight is 364 g/mol. The summed E-state index contributed by atoms with van der Waals surface area (Å²) in [4.78, 5) is 28.2. The predicted octanol–water partition coefficient (Wildman–Crippen LogP) is 1.72. The van der Waals surface area contributed by atoms with Crippen LogP contribution < -0.4 is 5.32 Å². The highest BCUT2D eigenvalue weighted by molar-refractivity contribution is 5.78. The van der Waals surface area contributed by atoms with Gasteiger partial charge in [0.15, 0.2) is 0 Å². The molecule has 2 rings (SSSR count). The smallest absolute Gasteiger partial charge is 0.317 e. The molecule has 7 nitrogen and oxygen atoms in total. The summed E-state index contributed by atoms with van der Waals surface area (Å²) >= 11 is 0. The van der Waals surface area contributed by atoms with Crippen LogP contribution in [0.2, 0.25) is 0 Å². The number of nitrogens with zero attached hydrogens (tertiary/aromatic N) is 4. The molecule has 1 aromatic rings. The van der Waals surface area contributed by atoms with Crippen molar-refractivity contribution in [2.45, 2.75) is 46.6 Å². The zero-order valence-electron chi connectivity index (χ0n) is 17.2. The summed E-state index contributed by atoms with van der Waals surface area (Å²) in [5.74, 6) is 0.840. The Bertz CT molecular complexity index is 665. The predicted molar refractivity (Wildman–Crippen MR) is 102 cm³/mol. The standard InChI is InChI=1S/C19H33N5O2/c1-12(2)16-10-24(11-17(16)20-19(26)22(5)6)18(25)9-8-15-13(3)21-23(7)14(15)4/h12,16-17H,8-11H2,1-7H3,(H,20,26)/t16-,17+/m0/s1. The van der Waals surface area contributed by atoms with Crippen molar-refractivity contribution in [1.29, 1.82) is 0 Å². The van der Waals surface area contributed by atoms with E-state index in [-0.39, 0.29) is 23.9 Å². The summed E-state index contributed by atoms with van der Waals surface area (Å²) in [6.45, 7) is 9.62. The SMILES string of the molecule is Cc1nn(C)c(C)c1CCC(=O)N1C[C@@H](NC(=O)N(C)C)[C@H](C(C)C)C1. The van der Waals surface area contributed by atoms with Gasteiger partial charge in [-0.05, 0) is 31.7 Å². The molecule has 1 aliphatic heterocycles. The molecule has 0 bridgehead atoms. The van der Waals surface area contributed by atoms with Crippen molar-refractivity contribution < 1.29 is 9.59 Å². The van der Waals surface area contributed by atoms with Crippen molar-refractivity contribution in [2.24, 2.45) is 18.9 Å². The van der Waals surface area contributed by atoms with E-state index in [0.717, 1.165) is 17.0 Å². The van der Waals surface area contributed by atoms with E-state index >= 15 is 0 Å². The number of likely N-dealkylation sites (tertiary alicyclic amines) is 1. The number of nitrogens with one attached hydrogen (secondary N) is 1. The van der Waals surface area contributed by atoms with Crippen LogP contribution in [0.15, 0.2) is 0 Å². The number of aryl methyl sites for hydroxylation is 2. The van der Waals surface area contributed by atoms with E-state index in [0.29, 0.717) is 31.8 Å². The summed E-state index contributed by atoms with van der Waals surface area (Å²) in [6.07, 6.45) is 1.19. The fraction of sp³-hybridized carbons (Fsp3) is 0.737. The van der Waals surface area contributed by atoms with Crippen LogP contribution >= 0.6 is 0 Å². The topological polar surface area (TPSA) is 70.5 Å². The third-order valence-corrected chi connectivity index (χ3v) is 5.54. The minimum absolute atomic E-state index is 0.00992. The largest absolute Gasteiger partial charge is 0.340 e. The summed E-state index contributed by atoms with van der Waals surface area (Å²) < 4.78 is 1.87. The molecular formula is C19H33N5O2. The highest BCUT2D eigenvalue weighted by Crippen LogP contribution is 2.25. The molecule has 1 fully saturated rings. The normalized spacial score (nSPS) is 19.9. The maximum absolute atomic E-state index is 12.8. The Kier molecular flexibility index (Phi) is 6.31. The zero-order valence-corrected chi connectivity index (χ0v) is 17.2. The van der Waals surface area contributed by atoms with E-state index in [1.165, 1.54) is 4.90 Å². The van der Waals surface area contributed by atoms with Gasteiger partial charge in [0.05, 0.1) is 11.7 Å². The van der Waals surface area contributed by atoms with Gasteiger partial charge in [0.2, 0.25) is 5.91 Å². The van der Waals surface area contributed by atoms with Crippen molar-refractivity contribution in [2.75, 3.05) is 27.2 Å². The fourth-order valence-corrected chi connectivity index (χ4v) is 3.72. The molecule has 3 amide bonds. The summed E-state index contributed by atoms with van der Waals surface area (Å²) in [7, 11) is 5.39. The first kappa shape index (κ1) is 20.3. The third-order valence-electron chi connectivity index (χ3n) is 5.54. The van der Waals surface area contributed by atoms with E-state index in [9.17, 15) is 9.59 Å². The first-order valence-electron chi connectivity index (χ1n) is 9.36. The molecular weight excluding hydrogens is 330 g/mol. The highest BCUT2D eigenvalue weighted by Gasteiger charge is 2.37. The number of hydrogen-bond acceptors (Lipinski definition) is 3. The molecule has 1 saturated heterocycles. The molecule has 1 N–H and O–H groups in total. The molecule has 1 aliphatic rings. The Morgan fingerprint density at radius 3 is 2.42 bits per heavy atom. The monoisotopic (exact) mass is 363 g/mol. The maximum atomic E-state index is 12.8. The van der Waals surface area contributed by atoms with E-state index in [4.69, 9.17) is 0 Å². The molecule has 0 aromatic carbocycles. The van der Waals surface area contributed by atoms with Crippen molar-refractivity contribution in [1.82, 2.24) is 24.9 Å². The molecule has 0 spiro atoms. The van der Waals surface area contributed by atoms with Crippen LogP contribution in [-0.2, 0) is 18.3 Å². The zero-order chi connectivity index (χ0) is 19.6. The van der Waals surface area contributed by atoms with Gasteiger partial charge in [0.25, 0.3) is 0 Å². The first-order chi connectivity index (χ1) is 12.1. The number of hydrogen-bond donors (Lipinski definition) is 1. The van der Waals surface area contributed by atoms with E-state index in [2.05, 4.69) is 24.3 Å². The summed E-state index contributed by atoms with van der Waals surface area (Å²) in [5.41, 5.74) is 3.28. The third kappa shape index (κ3) is 4.37. The Labute approximate surface area is 156 Å². The van der Waals surface area contributed by atoms with Gasteiger partial charge in [-0.15, -0.1) is 0 Å². The molecule has 1 aromatic heterocycles.